The molecule has 0 spiro atoms. The normalized spacial score (nSPS) is 12.7. The largest absolute Gasteiger partial charge is 0.357 e. The van der Waals surface area contributed by atoms with Crippen LogP contribution in [0, 0.1) is 0 Å². The van der Waals surface area contributed by atoms with Crippen molar-refractivity contribution >= 4 is 68.8 Å². The van der Waals surface area contributed by atoms with Crippen molar-refractivity contribution in [2.75, 3.05) is 17.5 Å². The fraction of sp³-hybridized carbons (Fsp3) is 0.316. The fourth-order valence-electron chi connectivity index (χ4n) is 2.58. The molecule has 0 saturated heterocycles. The lowest BCUT2D eigenvalue weighted by atomic mass is 10.1. The third kappa shape index (κ3) is 8.57. The van der Waals surface area contributed by atoms with E-state index in [0.717, 1.165) is 17.4 Å². The van der Waals surface area contributed by atoms with Crippen molar-refractivity contribution in [2.24, 2.45) is 4.99 Å². The third-order valence-corrected chi connectivity index (χ3v) is 5.00. The number of anilines is 1. The minimum Gasteiger partial charge on any atom is -0.357 e. The Morgan fingerprint density at radius 3 is 2.48 bits per heavy atom. The Morgan fingerprint density at radius 1 is 1.17 bits per heavy atom. The Hall–Kier alpha value is -1.23. The molecule has 160 valence electrons. The number of nitrogens with one attached hydrogen (secondary N) is 3. The van der Waals surface area contributed by atoms with E-state index >= 15 is 0 Å². The first-order valence-electron chi connectivity index (χ1n) is 8.75. The molecule has 0 radical (unpaired) electrons. The Kier molecular flexibility index (Phi) is 10.5. The lowest BCUT2D eigenvalue weighted by Gasteiger charge is -2.19. The molecular weight excluding hydrogens is 546 g/mol. The van der Waals surface area contributed by atoms with E-state index in [1.165, 1.54) is 0 Å². The van der Waals surface area contributed by atoms with Crippen molar-refractivity contribution in [1.82, 2.24) is 10.6 Å². The first-order chi connectivity index (χ1) is 13.2. The summed E-state index contributed by atoms with van der Waals surface area (Å²) in [6, 6.07) is 12.4. The van der Waals surface area contributed by atoms with Gasteiger partial charge in [-0.1, -0.05) is 47.5 Å². The third-order valence-electron chi connectivity index (χ3n) is 3.85. The summed E-state index contributed by atoms with van der Waals surface area (Å²) in [5.74, 6) is 0.593. The molecule has 0 aliphatic heterocycles. The van der Waals surface area contributed by atoms with Gasteiger partial charge in [-0.05, 0) is 43.2 Å². The number of rotatable bonds is 7. The van der Waals surface area contributed by atoms with Crippen molar-refractivity contribution in [3.05, 3.63) is 63.6 Å². The van der Waals surface area contributed by atoms with E-state index in [1.807, 2.05) is 32.0 Å². The second kappa shape index (κ2) is 11.8. The Bertz CT molecular complexity index is 955. The van der Waals surface area contributed by atoms with Crippen molar-refractivity contribution in [2.45, 2.75) is 26.4 Å². The zero-order valence-electron chi connectivity index (χ0n) is 16.4. The van der Waals surface area contributed by atoms with E-state index in [1.54, 1.807) is 24.3 Å². The van der Waals surface area contributed by atoms with E-state index in [9.17, 15) is 8.42 Å². The van der Waals surface area contributed by atoms with Gasteiger partial charge in [-0.2, -0.15) is 0 Å². The van der Waals surface area contributed by atoms with Crippen LogP contribution in [0.2, 0.25) is 10.0 Å². The molecular formula is C19H25Cl2IN4O2S. The molecule has 29 heavy (non-hydrogen) atoms. The Labute approximate surface area is 199 Å². The average Bonchev–Trinajstić information content (AvgIpc) is 2.59. The van der Waals surface area contributed by atoms with Gasteiger partial charge in [0.25, 0.3) is 0 Å². The predicted molar refractivity (Wildman–Crippen MR) is 133 cm³/mol. The van der Waals surface area contributed by atoms with Crippen LogP contribution in [0.25, 0.3) is 0 Å². The smallest absolute Gasteiger partial charge is 0.229 e. The zero-order chi connectivity index (χ0) is 20.7. The van der Waals surface area contributed by atoms with Crippen LogP contribution in [0.5, 0.6) is 0 Å². The highest BCUT2D eigenvalue weighted by atomic mass is 127. The van der Waals surface area contributed by atoms with Gasteiger partial charge in [0.2, 0.25) is 10.0 Å². The molecule has 0 amide bonds. The average molecular weight is 571 g/mol. The summed E-state index contributed by atoms with van der Waals surface area (Å²) < 4.78 is 25.6. The summed E-state index contributed by atoms with van der Waals surface area (Å²) in [4.78, 5) is 4.58. The Balaban J connectivity index is 0.00000420. The van der Waals surface area contributed by atoms with Crippen LogP contribution in [0.3, 0.4) is 0 Å². The SMILES string of the molecule is CCNC(=NCc1ccccc1NS(C)(=O)=O)NC(C)c1ccc(Cl)cc1Cl.I. The van der Waals surface area contributed by atoms with E-state index in [0.29, 0.717) is 34.8 Å². The molecule has 0 aromatic heterocycles. The molecule has 3 N–H and O–H groups in total. The predicted octanol–water partition coefficient (Wildman–Crippen LogP) is 4.80. The number of guanidine groups is 1. The topological polar surface area (TPSA) is 82.6 Å². The summed E-state index contributed by atoms with van der Waals surface area (Å²) in [6.07, 6.45) is 1.12. The van der Waals surface area contributed by atoms with Gasteiger partial charge < -0.3 is 10.6 Å². The first kappa shape index (κ1) is 25.8. The second-order valence-corrected chi connectivity index (χ2v) is 8.85. The number of sulfonamides is 1. The fourth-order valence-corrected chi connectivity index (χ4v) is 3.75. The number of aliphatic imine (C=N–C) groups is 1. The molecule has 2 rings (SSSR count). The summed E-state index contributed by atoms with van der Waals surface area (Å²) in [5.41, 5.74) is 2.18. The van der Waals surface area contributed by atoms with Gasteiger partial charge in [-0.3, -0.25) is 4.72 Å². The lowest BCUT2D eigenvalue weighted by molar-refractivity contribution is 0.606. The molecule has 0 bridgehead atoms. The second-order valence-electron chi connectivity index (χ2n) is 6.26. The first-order valence-corrected chi connectivity index (χ1v) is 11.4. The number of para-hydroxylation sites is 1. The molecule has 0 aliphatic carbocycles. The van der Waals surface area contributed by atoms with Crippen LogP contribution in [-0.4, -0.2) is 27.2 Å². The maximum atomic E-state index is 11.6. The highest BCUT2D eigenvalue weighted by Crippen LogP contribution is 2.26. The molecule has 2 aromatic carbocycles. The number of hydrogen-bond acceptors (Lipinski definition) is 3. The molecule has 0 saturated carbocycles. The van der Waals surface area contributed by atoms with Crippen LogP contribution >= 0.6 is 47.2 Å². The van der Waals surface area contributed by atoms with Gasteiger partial charge in [0.15, 0.2) is 5.96 Å². The summed E-state index contributed by atoms with van der Waals surface area (Å²) in [6.45, 7) is 4.92. The molecule has 0 fully saturated rings. The van der Waals surface area contributed by atoms with E-state index < -0.39 is 10.0 Å². The van der Waals surface area contributed by atoms with Gasteiger partial charge in [-0.25, -0.2) is 13.4 Å². The van der Waals surface area contributed by atoms with Crippen molar-refractivity contribution in [3.63, 3.8) is 0 Å². The molecule has 2 aromatic rings. The van der Waals surface area contributed by atoms with Crippen LogP contribution in [0.15, 0.2) is 47.5 Å². The highest BCUT2D eigenvalue weighted by Gasteiger charge is 2.12. The summed E-state index contributed by atoms with van der Waals surface area (Å²) >= 11 is 12.3. The number of benzene rings is 2. The van der Waals surface area contributed by atoms with Crippen LogP contribution in [0.4, 0.5) is 5.69 Å². The van der Waals surface area contributed by atoms with Crippen molar-refractivity contribution in [1.29, 1.82) is 0 Å². The molecule has 0 heterocycles. The van der Waals surface area contributed by atoms with E-state index in [2.05, 4.69) is 20.3 Å². The maximum absolute atomic E-state index is 11.6. The zero-order valence-corrected chi connectivity index (χ0v) is 21.0. The molecule has 1 unspecified atom stereocenters. The molecule has 0 aliphatic rings. The highest BCUT2D eigenvalue weighted by molar-refractivity contribution is 14.0. The van der Waals surface area contributed by atoms with Crippen molar-refractivity contribution in [3.8, 4) is 0 Å². The minimum atomic E-state index is -3.37. The van der Waals surface area contributed by atoms with Crippen molar-refractivity contribution < 1.29 is 8.42 Å². The lowest BCUT2D eigenvalue weighted by Crippen LogP contribution is -2.38. The van der Waals surface area contributed by atoms with Crippen LogP contribution in [0.1, 0.15) is 31.0 Å². The molecule has 10 heteroatoms. The standard InChI is InChI=1S/C19H24Cl2N4O2S.HI/c1-4-22-19(24-13(2)16-10-9-15(20)11-17(16)21)23-12-14-7-5-6-8-18(14)25-28(3,26)27;/h5-11,13,25H,4,12H2,1-3H3,(H2,22,23,24);1H. The van der Waals surface area contributed by atoms with Gasteiger partial charge >= 0.3 is 0 Å². The van der Waals surface area contributed by atoms with E-state index in [-0.39, 0.29) is 30.0 Å². The number of nitrogens with zero attached hydrogens (tertiary/aromatic N) is 1. The van der Waals surface area contributed by atoms with Gasteiger partial charge in [-0.15, -0.1) is 24.0 Å². The Morgan fingerprint density at radius 2 is 1.86 bits per heavy atom. The maximum Gasteiger partial charge on any atom is 0.229 e. The monoisotopic (exact) mass is 570 g/mol. The van der Waals surface area contributed by atoms with Gasteiger partial charge in [0.05, 0.1) is 24.5 Å². The van der Waals surface area contributed by atoms with Crippen LogP contribution < -0.4 is 15.4 Å². The minimum absolute atomic E-state index is 0. The molecule has 1 atom stereocenters. The quantitative estimate of drug-likeness (QED) is 0.254. The summed E-state index contributed by atoms with van der Waals surface area (Å²) in [5, 5.41) is 7.64. The summed E-state index contributed by atoms with van der Waals surface area (Å²) in [7, 11) is -3.37. The number of halogens is 3. The van der Waals surface area contributed by atoms with E-state index in [4.69, 9.17) is 23.2 Å². The number of hydrogen-bond donors (Lipinski definition) is 3. The van der Waals surface area contributed by atoms with Gasteiger partial charge in [0, 0.05) is 16.6 Å². The molecule has 6 nitrogen and oxygen atoms in total. The van der Waals surface area contributed by atoms with Gasteiger partial charge in [0.1, 0.15) is 0 Å². The van der Waals surface area contributed by atoms with Crippen LogP contribution in [-0.2, 0) is 16.6 Å².